The highest BCUT2D eigenvalue weighted by molar-refractivity contribution is 6.24. The van der Waals surface area contributed by atoms with E-state index >= 15 is 0 Å². The Hall–Kier alpha value is -6.38. The van der Waals surface area contributed by atoms with Gasteiger partial charge in [-0.1, -0.05) is 115 Å². The van der Waals surface area contributed by atoms with Crippen molar-refractivity contribution < 1.29 is 2.74 Å². The van der Waals surface area contributed by atoms with Crippen molar-refractivity contribution in [3.05, 3.63) is 192 Å². The minimum Gasteiger partial charge on any atom is -0.310 e. The Morgan fingerprint density at radius 2 is 1.10 bits per heavy atom. The summed E-state index contributed by atoms with van der Waals surface area (Å²) < 4.78 is 20.9. The Kier molecular flexibility index (Phi) is 5.82. The zero-order chi connectivity index (χ0) is 34.1. The van der Waals surface area contributed by atoms with E-state index in [1.807, 2.05) is 24.3 Å². The SMILES string of the molecule is [2H]/C(=C(/[2H])c1cc2ccc3cccc4c3c2c(c1)n4-c1ccccc1)c1ccc2c(c1)Cc1cc(N(c3ccccc3)c3ccccc3)ccc1-2. The average molecular weight is 627 g/mol. The highest BCUT2D eigenvalue weighted by Gasteiger charge is 2.21. The summed E-state index contributed by atoms with van der Waals surface area (Å²) in [5.41, 5.74) is 13.0. The molecule has 9 aromatic rings. The number of hydrogen-bond acceptors (Lipinski definition) is 1. The molecule has 0 unspecified atom stereocenters. The van der Waals surface area contributed by atoms with E-state index in [0.717, 1.165) is 56.7 Å². The molecular weight excluding hydrogens is 593 g/mol. The standard InChI is InChI=1S/C47H32N2/c1-4-12-38(13-5-1)48(39-14-6-2-7-15-39)41-24-26-43-37(31-41)30-36-27-32(21-25-42(36)43)19-20-33-28-35-23-22-34-11-10-18-44-46(34)47(35)45(29-33)49(44)40-16-8-3-9-17-40/h1-29,31H,30H2/b20-19+/i19D,20D. The number of rotatable bonds is 6. The lowest BCUT2D eigenvalue weighted by molar-refractivity contribution is 1.18. The lowest BCUT2D eigenvalue weighted by atomic mass is 9.99. The summed E-state index contributed by atoms with van der Waals surface area (Å²) in [4.78, 5) is 2.29. The summed E-state index contributed by atoms with van der Waals surface area (Å²) in [5, 5.41) is 4.72. The van der Waals surface area contributed by atoms with E-state index < -0.39 is 0 Å². The molecule has 1 aromatic heterocycles. The third-order valence-corrected chi connectivity index (χ3v) is 9.91. The smallest absolute Gasteiger partial charge is 0.0629 e. The third-order valence-electron chi connectivity index (χ3n) is 9.91. The fraction of sp³-hybridized carbons (Fsp3) is 0.0213. The highest BCUT2D eigenvalue weighted by atomic mass is 15.1. The van der Waals surface area contributed by atoms with Crippen molar-refractivity contribution in [1.82, 2.24) is 4.57 Å². The first-order valence-electron chi connectivity index (χ1n) is 17.8. The predicted molar refractivity (Wildman–Crippen MR) is 208 cm³/mol. The second-order valence-electron chi connectivity index (χ2n) is 12.9. The van der Waals surface area contributed by atoms with Crippen LogP contribution >= 0.6 is 0 Å². The number of anilines is 3. The maximum Gasteiger partial charge on any atom is 0.0629 e. The number of para-hydroxylation sites is 3. The molecule has 0 fully saturated rings. The summed E-state index contributed by atoms with van der Waals surface area (Å²) in [6.07, 6.45) is 0.783. The topological polar surface area (TPSA) is 8.17 Å². The number of hydrogen-bond donors (Lipinski definition) is 0. The zero-order valence-electron chi connectivity index (χ0n) is 28.8. The van der Waals surface area contributed by atoms with Crippen LogP contribution in [0.15, 0.2) is 170 Å². The molecule has 0 amide bonds. The van der Waals surface area contributed by atoms with E-state index in [9.17, 15) is 2.74 Å². The van der Waals surface area contributed by atoms with Gasteiger partial charge in [0.2, 0.25) is 0 Å². The van der Waals surface area contributed by atoms with Gasteiger partial charge in [0.15, 0.2) is 0 Å². The molecule has 230 valence electrons. The van der Waals surface area contributed by atoms with Crippen LogP contribution in [0, 0.1) is 0 Å². The van der Waals surface area contributed by atoms with Crippen molar-refractivity contribution >= 4 is 61.7 Å². The number of benzene rings is 8. The van der Waals surface area contributed by atoms with Crippen molar-refractivity contribution in [3.63, 3.8) is 0 Å². The Morgan fingerprint density at radius 3 is 1.86 bits per heavy atom. The summed E-state index contributed by atoms with van der Waals surface area (Å²) in [7, 11) is 0. The van der Waals surface area contributed by atoms with Gasteiger partial charge in [0.05, 0.1) is 13.8 Å². The van der Waals surface area contributed by atoms with Crippen molar-refractivity contribution in [2.24, 2.45) is 0 Å². The van der Waals surface area contributed by atoms with Gasteiger partial charge in [0, 0.05) is 33.5 Å². The normalized spacial score (nSPS) is 13.3. The maximum atomic E-state index is 9.35. The molecule has 2 nitrogen and oxygen atoms in total. The first kappa shape index (κ1) is 25.7. The second-order valence-corrected chi connectivity index (χ2v) is 12.9. The van der Waals surface area contributed by atoms with Crippen molar-refractivity contribution in [2.45, 2.75) is 6.42 Å². The van der Waals surface area contributed by atoms with Crippen LogP contribution in [-0.2, 0) is 6.42 Å². The van der Waals surface area contributed by atoms with Gasteiger partial charge in [-0.3, -0.25) is 0 Å². The average Bonchev–Trinajstić information content (AvgIpc) is 3.73. The predicted octanol–water partition coefficient (Wildman–Crippen LogP) is 12.6. The molecule has 0 atom stereocenters. The monoisotopic (exact) mass is 626 g/mol. The molecule has 1 aliphatic carbocycles. The quantitative estimate of drug-likeness (QED) is 0.132. The van der Waals surface area contributed by atoms with Crippen molar-refractivity contribution in [1.29, 1.82) is 0 Å². The van der Waals surface area contributed by atoms with Crippen LogP contribution in [0.4, 0.5) is 17.1 Å². The Balaban J connectivity index is 1.04. The summed E-state index contributed by atoms with van der Waals surface area (Å²) in [6.45, 7) is 0. The van der Waals surface area contributed by atoms with Crippen LogP contribution in [0.5, 0.6) is 0 Å². The Labute approximate surface area is 288 Å². The molecule has 8 aromatic carbocycles. The number of nitrogens with zero attached hydrogens (tertiary/aromatic N) is 2. The lowest BCUT2D eigenvalue weighted by Gasteiger charge is -2.26. The van der Waals surface area contributed by atoms with Crippen LogP contribution in [0.3, 0.4) is 0 Å². The largest absolute Gasteiger partial charge is 0.310 e. The molecule has 1 heterocycles. The number of fused-ring (bicyclic) bond motifs is 3. The molecule has 0 saturated heterocycles. The van der Waals surface area contributed by atoms with Crippen LogP contribution in [0.25, 0.3) is 61.5 Å². The second kappa shape index (κ2) is 11.1. The first-order valence-corrected chi connectivity index (χ1v) is 16.8. The van der Waals surface area contributed by atoms with E-state index in [4.69, 9.17) is 0 Å². The van der Waals surface area contributed by atoms with Crippen LogP contribution in [-0.4, -0.2) is 4.57 Å². The molecule has 0 aliphatic heterocycles. The highest BCUT2D eigenvalue weighted by Crippen LogP contribution is 2.43. The van der Waals surface area contributed by atoms with Gasteiger partial charge < -0.3 is 9.47 Å². The van der Waals surface area contributed by atoms with Crippen molar-refractivity contribution in [2.75, 3.05) is 4.90 Å². The van der Waals surface area contributed by atoms with Gasteiger partial charge in [-0.2, -0.15) is 0 Å². The van der Waals surface area contributed by atoms with E-state index in [1.165, 1.54) is 38.4 Å². The third kappa shape index (κ3) is 4.57. The molecule has 0 saturated carbocycles. The lowest BCUT2D eigenvalue weighted by Crippen LogP contribution is -2.09. The molecule has 10 rings (SSSR count). The van der Waals surface area contributed by atoms with E-state index in [1.54, 1.807) is 0 Å². The van der Waals surface area contributed by atoms with Gasteiger partial charge in [0.1, 0.15) is 0 Å². The molecule has 0 bridgehead atoms. The molecule has 0 spiro atoms. The molecule has 2 heteroatoms. The van der Waals surface area contributed by atoms with Gasteiger partial charge in [-0.15, -0.1) is 0 Å². The van der Waals surface area contributed by atoms with Crippen LogP contribution < -0.4 is 4.90 Å². The van der Waals surface area contributed by atoms with Crippen molar-refractivity contribution in [3.8, 4) is 16.8 Å². The Morgan fingerprint density at radius 1 is 0.469 bits per heavy atom. The van der Waals surface area contributed by atoms with Gasteiger partial charge in [0.25, 0.3) is 0 Å². The minimum absolute atomic E-state index is 0.219. The summed E-state index contributed by atoms with van der Waals surface area (Å²) in [5.74, 6) is 0. The summed E-state index contributed by atoms with van der Waals surface area (Å²) in [6, 6.07) is 59.8. The summed E-state index contributed by atoms with van der Waals surface area (Å²) >= 11 is 0. The first-order chi connectivity index (χ1) is 25.1. The molecule has 0 N–H and O–H groups in total. The molecule has 0 radical (unpaired) electrons. The van der Waals surface area contributed by atoms with E-state index in [-0.39, 0.29) is 12.1 Å². The zero-order valence-corrected chi connectivity index (χ0v) is 26.8. The fourth-order valence-electron chi connectivity index (χ4n) is 7.78. The van der Waals surface area contributed by atoms with Crippen LogP contribution in [0.1, 0.15) is 25.0 Å². The maximum absolute atomic E-state index is 9.35. The Bertz CT molecular complexity index is 2740. The molecule has 49 heavy (non-hydrogen) atoms. The number of aromatic nitrogens is 1. The van der Waals surface area contributed by atoms with E-state index in [0.29, 0.717) is 0 Å². The van der Waals surface area contributed by atoms with Gasteiger partial charge in [-0.05, 0) is 117 Å². The van der Waals surface area contributed by atoms with Crippen LogP contribution in [0.2, 0.25) is 0 Å². The fourth-order valence-corrected chi connectivity index (χ4v) is 7.78. The van der Waals surface area contributed by atoms with E-state index in [2.05, 4.69) is 155 Å². The molecular formula is C47H32N2. The van der Waals surface area contributed by atoms with Gasteiger partial charge >= 0.3 is 0 Å². The molecule has 1 aliphatic rings. The minimum atomic E-state index is 0.219. The van der Waals surface area contributed by atoms with Gasteiger partial charge in [-0.25, -0.2) is 0 Å².